The number of nitrogens with one attached hydrogen (secondary N) is 2. The lowest BCUT2D eigenvalue weighted by Crippen LogP contribution is -2.46. The summed E-state index contributed by atoms with van der Waals surface area (Å²) in [5.41, 5.74) is 2.47. The molecule has 0 unspecified atom stereocenters. The van der Waals surface area contributed by atoms with Gasteiger partial charge in [0.1, 0.15) is 11.6 Å². The lowest BCUT2D eigenvalue weighted by Gasteiger charge is -2.36. The molecule has 1 fully saturated rings. The van der Waals surface area contributed by atoms with E-state index in [9.17, 15) is 9.18 Å². The first kappa shape index (κ1) is 21.9. The highest BCUT2D eigenvalue weighted by Crippen LogP contribution is 2.28. The second-order valence-corrected chi connectivity index (χ2v) is 8.21. The summed E-state index contributed by atoms with van der Waals surface area (Å²) in [5, 5.41) is 6.04. The van der Waals surface area contributed by atoms with E-state index in [4.69, 9.17) is 4.74 Å². The highest BCUT2D eigenvalue weighted by atomic mass is 19.1. The zero-order valence-corrected chi connectivity index (χ0v) is 18.9. The van der Waals surface area contributed by atoms with Crippen molar-refractivity contribution < 1.29 is 9.13 Å². The fourth-order valence-electron chi connectivity index (χ4n) is 4.14. The van der Waals surface area contributed by atoms with Gasteiger partial charge in [0.05, 0.1) is 18.5 Å². The number of fused-ring (bicyclic) bond motifs is 1. The van der Waals surface area contributed by atoms with Crippen LogP contribution in [0, 0.1) is 5.82 Å². The Morgan fingerprint density at radius 2 is 1.82 bits per heavy atom. The topological polar surface area (TPSA) is 90.8 Å². The first-order valence-electron chi connectivity index (χ1n) is 11.2. The molecule has 3 heterocycles. The lowest BCUT2D eigenvalue weighted by atomic mass is 10.2. The van der Waals surface area contributed by atoms with E-state index in [-0.39, 0.29) is 11.4 Å². The zero-order chi connectivity index (χ0) is 23.5. The molecular formula is C24H26FN7O2. The minimum Gasteiger partial charge on any atom is -0.495 e. The molecule has 0 aliphatic carbocycles. The Labute approximate surface area is 195 Å². The molecule has 10 heteroatoms. The number of ether oxygens (including phenoxy) is 1. The summed E-state index contributed by atoms with van der Waals surface area (Å²) in [7, 11) is 1.69. The molecule has 1 aliphatic heterocycles. The minimum atomic E-state index is -0.281. The van der Waals surface area contributed by atoms with Gasteiger partial charge in [-0.3, -0.25) is 14.8 Å². The van der Waals surface area contributed by atoms with Crippen LogP contribution in [0.4, 0.5) is 16.0 Å². The lowest BCUT2D eigenvalue weighted by molar-refractivity contribution is 0.246. The second-order valence-electron chi connectivity index (χ2n) is 8.21. The second kappa shape index (κ2) is 9.52. The number of aromatic amines is 1. The predicted molar refractivity (Wildman–Crippen MR) is 128 cm³/mol. The number of hydrogen-bond donors (Lipinski definition) is 2. The van der Waals surface area contributed by atoms with Crippen LogP contribution in [0.3, 0.4) is 0 Å². The molecule has 34 heavy (non-hydrogen) atoms. The fourth-order valence-corrected chi connectivity index (χ4v) is 4.14. The van der Waals surface area contributed by atoms with Crippen molar-refractivity contribution in [2.75, 3.05) is 43.5 Å². The van der Waals surface area contributed by atoms with Crippen LogP contribution in [0.25, 0.3) is 5.78 Å². The summed E-state index contributed by atoms with van der Waals surface area (Å²) in [5.74, 6) is 1.34. The molecule has 1 saturated heterocycles. The van der Waals surface area contributed by atoms with Gasteiger partial charge < -0.3 is 15.0 Å². The van der Waals surface area contributed by atoms with Crippen molar-refractivity contribution in [2.45, 2.75) is 13.1 Å². The average molecular weight is 464 g/mol. The van der Waals surface area contributed by atoms with Crippen LogP contribution in [0.5, 0.6) is 5.75 Å². The first-order chi connectivity index (χ1) is 16.6. The maximum atomic E-state index is 13.1. The molecule has 9 nitrogen and oxygen atoms in total. The number of halogens is 1. The Hall–Kier alpha value is -3.92. The number of piperazine rings is 1. The normalized spacial score (nSPS) is 14.5. The number of anilines is 2. The molecular weight excluding hydrogens is 437 g/mol. The van der Waals surface area contributed by atoms with E-state index in [0.717, 1.165) is 43.2 Å². The van der Waals surface area contributed by atoms with Gasteiger partial charge in [-0.1, -0.05) is 24.3 Å². The Morgan fingerprint density at radius 1 is 1.06 bits per heavy atom. The van der Waals surface area contributed by atoms with Crippen molar-refractivity contribution in [1.29, 1.82) is 0 Å². The third-order valence-corrected chi connectivity index (χ3v) is 5.94. The summed E-state index contributed by atoms with van der Waals surface area (Å²) in [6, 6.07) is 15.8. The van der Waals surface area contributed by atoms with Crippen molar-refractivity contribution in [1.82, 2.24) is 24.5 Å². The number of nitrogens with zero attached hydrogens (tertiary/aromatic N) is 5. The number of H-pyrrole nitrogens is 1. The molecule has 2 aromatic carbocycles. The quantitative estimate of drug-likeness (QED) is 0.435. The molecule has 0 atom stereocenters. The molecule has 0 radical (unpaired) electrons. The minimum absolute atomic E-state index is 0.213. The van der Waals surface area contributed by atoms with Crippen molar-refractivity contribution in [3.8, 4) is 5.75 Å². The number of benzene rings is 2. The first-order valence-corrected chi connectivity index (χ1v) is 11.2. The van der Waals surface area contributed by atoms with Crippen LogP contribution in [-0.2, 0) is 13.1 Å². The summed E-state index contributed by atoms with van der Waals surface area (Å²) in [4.78, 5) is 26.2. The average Bonchev–Trinajstić information content (AvgIpc) is 3.28. The third kappa shape index (κ3) is 4.72. The maximum Gasteiger partial charge on any atom is 0.274 e. The van der Waals surface area contributed by atoms with E-state index >= 15 is 0 Å². The molecule has 176 valence electrons. The van der Waals surface area contributed by atoms with Crippen molar-refractivity contribution >= 4 is 17.4 Å². The Balaban J connectivity index is 1.23. The van der Waals surface area contributed by atoms with Crippen LogP contribution in [0.2, 0.25) is 0 Å². The summed E-state index contributed by atoms with van der Waals surface area (Å²) in [6.07, 6.45) is 0. The maximum absolute atomic E-state index is 13.1. The SMILES string of the molecule is COc1ccccc1N1CCN(Cc2cc(=O)n3[nH]c(NCc4ccc(F)cc4)nc3n2)CC1. The van der Waals surface area contributed by atoms with Crippen LogP contribution >= 0.6 is 0 Å². The Morgan fingerprint density at radius 3 is 2.59 bits per heavy atom. The van der Waals surface area contributed by atoms with Gasteiger partial charge in [-0.05, 0) is 29.8 Å². The van der Waals surface area contributed by atoms with E-state index in [1.165, 1.54) is 16.6 Å². The fraction of sp³-hybridized carbons (Fsp3) is 0.292. The van der Waals surface area contributed by atoms with E-state index in [0.29, 0.717) is 30.5 Å². The van der Waals surface area contributed by atoms with Gasteiger partial charge in [0.25, 0.3) is 11.3 Å². The van der Waals surface area contributed by atoms with Crippen LogP contribution < -0.4 is 20.5 Å². The highest BCUT2D eigenvalue weighted by Gasteiger charge is 2.20. The van der Waals surface area contributed by atoms with Gasteiger partial charge in [-0.2, -0.15) is 9.50 Å². The van der Waals surface area contributed by atoms with Gasteiger partial charge in [-0.15, -0.1) is 0 Å². The molecule has 0 amide bonds. The van der Waals surface area contributed by atoms with Gasteiger partial charge in [-0.25, -0.2) is 9.37 Å². The standard InChI is InChI=1S/C24H26FN7O2/c1-34-21-5-3-2-4-20(21)31-12-10-30(11-13-31)16-19-14-22(33)32-24(27-19)28-23(29-32)26-15-17-6-8-18(25)9-7-17/h2-9,14H,10-13,15-16H2,1H3,(H2,26,27,28,29). The number of aromatic nitrogens is 4. The highest BCUT2D eigenvalue weighted by molar-refractivity contribution is 5.58. The van der Waals surface area contributed by atoms with Crippen molar-refractivity contribution in [3.63, 3.8) is 0 Å². The summed E-state index contributed by atoms with van der Waals surface area (Å²) in [6.45, 7) is 4.45. The van der Waals surface area contributed by atoms with Crippen LogP contribution in [0.1, 0.15) is 11.3 Å². The number of rotatable bonds is 7. The van der Waals surface area contributed by atoms with Gasteiger partial charge in [0.15, 0.2) is 0 Å². The van der Waals surface area contributed by atoms with Crippen molar-refractivity contribution in [2.24, 2.45) is 0 Å². The van der Waals surface area contributed by atoms with E-state index in [1.807, 2.05) is 18.2 Å². The molecule has 1 aliphatic rings. The smallest absolute Gasteiger partial charge is 0.274 e. The molecule has 0 bridgehead atoms. The Kier molecular flexibility index (Phi) is 6.13. The summed E-state index contributed by atoms with van der Waals surface area (Å²) < 4.78 is 19.9. The molecule has 2 N–H and O–H groups in total. The zero-order valence-electron chi connectivity index (χ0n) is 18.9. The largest absolute Gasteiger partial charge is 0.495 e. The molecule has 4 aromatic rings. The van der Waals surface area contributed by atoms with E-state index in [2.05, 4.69) is 36.2 Å². The predicted octanol–water partition coefficient (Wildman–Crippen LogP) is 2.50. The Bertz CT molecular complexity index is 1330. The molecule has 5 rings (SSSR count). The van der Waals surface area contributed by atoms with Crippen molar-refractivity contribution in [3.05, 3.63) is 82.0 Å². The number of hydrogen-bond acceptors (Lipinski definition) is 7. The molecule has 2 aromatic heterocycles. The van der Waals surface area contributed by atoms with E-state index < -0.39 is 0 Å². The van der Waals surface area contributed by atoms with E-state index in [1.54, 1.807) is 25.3 Å². The van der Waals surface area contributed by atoms with Gasteiger partial charge in [0, 0.05) is 45.3 Å². The van der Waals surface area contributed by atoms with Gasteiger partial charge in [0.2, 0.25) is 5.95 Å². The monoisotopic (exact) mass is 463 g/mol. The van der Waals surface area contributed by atoms with Crippen LogP contribution in [-0.4, -0.2) is 57.8 Å². The van der Waals surface area contributed by atoms with Gasteiger partial charge >= 0.3 is 0 Å². The molecule has 0 saturated carbocycles. The molecule has 0 spiro atoms. The third-order valence-electron chi connectivity index (χ3n) is 5.94. The summed E-state index contributed by atoms with van der Waals surface area (Å²) >= 11 is 0. The number of para-hydroxylation sites is 2. The van der Waals surface area contributed by atoms with Crippen LogP contribution in [0.15, 0.2) is 59.4 Å². The number of methoxy groups -OCH3 is 1.